The molecule has 0 unspecified atom stereocenters. The van der Waals surface area contributed by atoms with Crippen molar-refractivity contribution >= 4 is 6.09 Å². The van der Waals surface area contributed by atoms with E-state index in [4.69, 9.17) is 14.2 Å². The van der Waals surface area contributed by atoms with Gasteiger partial charge in [0.1, 0.15) is 6.61 Å². The molecule has 0 aromatic heterocycles. The minimum Gasteiger partial charge on any atom is -0.447 e. The van der Waals surface area contributed by atoms with Gasteiger partial charge in [-0.05, 0) is 13.8 Å². The normalized spacial score (nSPS) is 11.1. The second-order valence-electron chi connectivity index (χ2n) is 4.77. The zero-order chi connectivity index (χ0) is 14.5. The van der Waals surface area contributed by atoms with E-state index in [1.807, 2.05) is 13.8 Å². The van der Waals surface area contributed by atoms with Crippen LogP contribution in [-0.4, -0.2) is 57.8 Å². The van der Waals surface area contributed by atoms with Gasteiger partial charge in [-0.3, -0.25) is 0 Å². The molecule has 114 valence electrons. The number of nitrogens with one attached hydrogen (secondary N) is 2. The number of alkyl carbamates (subject to hydrolysis) is 1. The third-order valence-corrected chi connectivity index (χ3v) is 2.04. The first-order valence-electron chi connectivity index (χ1n) is 6.84. The first kappa shape index (κ1) is 18.1. The van der Waals surface area contributed by atoms with Gasteiger partial charge in [-0.1, -0.05) is 13.8 Å². The smallest absolute Gasteiger partial charge is 0.407 e. The highest BCUT2D eigenvalue weighted by atomic mass is 16.6. The largest absolute Gasteiger partial charge is 0.447 e. The summed E-state index contributed by atoms with van der Waals surface area (Å²) < 4.78 is 15.5. The van der Waals surface area contributed by atoms with E-state index in [0.717, 1.165) is 6.54 Å². The molecular formula is C13H28N2O4. The van der Waals surface area contributed by atoms with E-state index in [9.17, 15) is 4.79 Å². The fourth-order valence-electron chi connectivity index (χ4n) is 1.21. The third kappa shape index (κ3) is 15.1. The summed E-state index contributed by atoms with van der Waals surface area (Å²) in [6.45, 7) is 11.2. The second kappa shape index (κ2) is 12.2. The van der Waals surface area contributed by atoms with Crippen LogP contribution in [0.3, 0.4) is 0 Å². The molecule has 0 aromatic carbocycles. The van der Waals surface area contributed by atoms with Crippen LogP contribution >= 0.6 is 0 Å². The van der Waals surface area contributed by atoms with Crippen molar-refractivity contribution in [1.82, 2.24) is 10.6 Å². The van der Waals surface area contributed by atoms with Crippen LogP contribution in [0.5, 0.6) is 0 Å². The monoisotopic (exact) mass is 276 g/mol. The zero-order valence-corrected chi connectivity index (χ0v) is 12.5. The molecule has 0 spiro atoms. The van der Waals surface area contributed by atoms with E-state index in [2.05, 4.69) is 24.5 Å². The summed E-state index contributed by atoms with van der Waals surface area (Å²) >= 11 is 0. The Morgan fingerprint density at radius 2 is 1.47 bits per heavy atom. The van der Waals surface area contributed by atoms with Crippen molar-refractivity contribution in [2.24, 2.45) is 0 Å². The maximum Gasteiger partial charge on any atom is 0.407 e. The number of carbonyl (C=O) groups excluding carboxylic acids is 1. The van der Waals surface area contributed by atoms with Crippen LogP contribution in [0.25, 0.3) is 0 Å². The molecule has 0 radical (unpaired) electrons. The Morgan fingerprint density at radius 3 is 2.05 bits per heavy atom. The molecule has 0 bridgehead atoms. The van der Waals surface area contributed by atoms with E-state index < -0.39 is 6.09 Å². The quantitative estimate of drug-likeness (QED) is 0.554. The van der Waals surface area contributed by atoms with Gasteiger partial charge >= 0.3 is 6.09 Å². The van der Waals surface area contributed by atoms with Crippen LogP contribution < -0.4 is 10.6 Å². The molecule has 1 amide bonds. The summed E-state index contributed by atoms with van der Waals surface area (Å²) in [4.78, 5) is 11.1. The number of ether oxygens (including phenoxy) is 3. The zero-order valence-electron chi connectivity index (χ0n) is 12.5. The number of carbonyl (C=O) groups is 1. The van der Waals surface area contributed by atoms with Crippen LogP contribution in [-0.2, 0) is 14.2 Å². The van der Waals surface area contributed by atoms with Gasteiger partial charge in [-0.15, -0.1) is 0 Å². The van der Waals surface area contributed by atoms with Gasteiger partial charge in [0.25, 0.3) is 0 Å². The van der Waals surface area contributed by atoms with Gasteiger partial charge in [-0.2, -0.15) is 0 Å². The minimum absolute atomic E-state index is 0.0845. The molecule has 0 saturated heterocycles. The van der Waals surface area contributed by atoms with Crippen LogP contribution in [0.2, 0.25) is 0 Å². The SMILES string of the molecule is CC(C)NCCOCCOCCOC(=O)NC(C)C. The highest BCUT2D eigenvalue weighted by Crippen LogP contribution is 1.85. The maximum atomic E-state index is 11.1. The average Bonchev–Trinajstić information content (AvgIpc) is 2.30. The van der Waals surface area contributed by atoms with Gasteiger partial charge in [0.2, 0.25) is 0 Å². The van der Waals surface area contributed by atoms with Crippen LogP contribution in [0.15, 0.2) is 0 Å². The molecule has 0 aromatic rings. The molecule has 0 fully saturated rings. The summed E-state index contributed by atoms with van der Waals surface area (Å²) in [5, 5.41) is 5.88. The predicted octanol–water partition coefficient (Wildman–Crippen LogP) is 1.15. The molecule has 6 heteroatoms. The molecule has 0 heterocycles. The topological polar surface area (TPSA) is 68.8 Å². The van der Waals surface area contributed by atoms with Crippen molar-refractivity contribution in [3.05, 3.63) is 0 Å². The Labute approximate surface area is 116 Å². The number of rotatable bonds is 11. The number of hydrogen-bond donors (Lipinski definition) is 2. The molecular weight excluding hydrogens is 248 g/mol. The Balaban J connectivity index is 3.13. The lowest BCUT2D eigenvalue weighted by Gasteiger charge is -2.10. The third-order valence-electron chi connectivity index (χ3n) is 2.04. The van der Waals surface area contributed by atoms with Crippen molar-refractivity contribution in [1.29, 1.82) is 0 Å². The Kier molecular flexibility index (Phi) is 11.7. The molecule has 2 N–H and O–H groups in total. The lowest BCUT2D eigenvalue weighted by Crippen LogP contribution is -2.31. The number of amides is 1. The van der Waals surface area contributed by atoms with Crippen molar-refractivity contribution in [2.75, 3.05) is 39.6 Å². The van der Waals surface area contributed by atoms with E-state index in [1.54, 1.807) is 0 Å². The Bertz CT molecular complexity index is 223. The van der Waals surface area contributed by atoms with Gasteiger partial charge in [0, 0.05) is 18.6 Å². The van der Waals surface area contributed by atoms with Crippen molar-refractivity contribution in [2.45, 2.75) is 39.8 Å². The summed E-state index contributed by atoms with van der Waals surface area (Å²) in [6.07, 6.45) is -0.408. The molecule has 6 nitrogen and oxygen atoms in total. The van der Waals surface area contributed by atoms with E-state index in [-0.39, 0.29) is 12.6 Å². The van der Waals surface area contributed by atoms with Crippen molar-refractivity contribution in [3.63, 3.8) is 0 Å². The molecule has 0 aliphatic heterocycles. The fraction of sp³-hybridized carbons (Fsp3) is 0.923. The summed E-state index contributed by atoms with van der Waals surface area (Å²) in [5.41, 5.74) is 0. The highest BCUT2D eigenvalue weighted by Gasteiger charge is 2.02. The first-order valence-corrected chi connectivity index (χ1v) is 6.84. The molecule has 0 aliphatic rings. The molecule has 0 rings (SSSR count). The lowest BCUT2D eigenvalue weighted by molar-refractivity contribution is 0.0284. The van der Waals surface area contributed by atoms with Gasteiger partial charge in [0.15, 0.2) is 0 Å². The molecule has 0 aliphatic carbocycles. The van der Waals surface area contributed by atoms with Crippen LogP contribution in [0.4, 0.5) is 4.79 Å². The van der Waals surface area contributed by atoms with E-state index >= 15 is 0 Å². The van der Waals surface area contributed by atoms with Crippen LogP contribution in [0.1, 0.15) is 27.7 Å². The summed E-state index contributed by atoms with van der Waals surface area (Å²) in [6, 6.07) is 0.565. The first-order chi connectivity index (χ1) is 9.02. The highest BCUT2D eigenvalue weighted by molar-refractivity contribution is 5.67. The van der Waals surface area contributed by atoms with E-state index in [0.29, 0.717) is 32.5 Å². The van der Waals surface area contributed by atoms with Crippen molar-refractivity contribution in [3.8, 4) is 0 Å². The van der Waals surface area contributed by atoms with Crippen molar-refractivity contribution < 1.29 is 19.0 Å². The van der Waals surface area contributed by atoms with Crippen LogP contribution in [0, 0.1) is 0 Å². The summed E-state index contributed by atoms with van der Waals surface area (Å²) in [7, 11) is 0. The molecule has 0 saturated carbocycles. The van der Waals surface area contributed by atoms with Gasteiger partial charge in [0.05, 0.1) is 26.4 Å². The summed E-state index contributed by atoms with van der Waals surface area (Å²) in [5.74, 6) is 0. The Morgan fingerprint density at radius 1 is 0.895 bits per heavy atom. The maximum absolute atomic E-state index is 11.1. The fourth-order valence-corrected chi connectivity index (χ4v) is 1.21. The van der Waals surface area contributed by atoms with Gasteiger partial charge < -0.3 is 24.8 Å². The van der Waals surface area contributed by atoms with Gasteiger partial charge in [-0.25, -0.2) is 4.79 Å². The lowest BCUT2D eigenvalue weighted by atomic mass is 10.4. The molecule has 0 atom stereocenters. The molecule has 19 heavy (non-hydrogen) atoms. The number of hydrogen-bond acceptors (Lipinski definition) is 5. The Hall–Kier alpha value is -0.850. The van der Waals surface area contributed by atoms with E-state index in [1.165, 1.54) is 0 Å². The standard InChI is InChI=1S/C13H28N2O4/c1-11(2)14-5-6-17-7-8-18-9-10-19-13(16)15-12(3)4/h11-12,14H,5-10H2,1-4H3,(H,15,16). The second-order valence-corrected chi connectivity index (χ2v) is 4.77. The minimum atomic E-state index is -0.408. The average molecular weight is 276 g/mol. The predicted molar refractivity (Wildman–Crippen MR) is 74.4 cm³/mol.